The van der Waals surface area contributed by atoms with Gasteiger partial charge in [0.05, 0.1) is 0 Å². The van der Waals surface area contributed by atoms with Gasteiger partial charge in [-0.15, -0.1) is 0 Å². The molecule has 3 unspecified atom stereocenters. The number of anilines is 1. The second-order valence-electron chi connectivity index (χ2n) is 12.1. The van der Waals surface area contributed by atoms with Crippen molar-refractivity contribution in [3.63, 3.8) is 0 Å². The van der Waals surface area contributed by atoms with Gasteiger partial charge in [-0.1, -0.05) is 31.5 Å². The molecule has 0 heterocycles. The van der Waals surface area contributed by atoms with Crippen molar-refractivity contribution in [2.45, 2.75) is 83.5 Å². The van der Waals surface area contributed by atoms with Crippen LogP contribution in [0, 0.1) is 17.3 Å². The Kier molecular flexibility index (Phi) is 6.74. The van der Waals surface area contributed by atoms with Gasteiger partial charge in [0.2, 0.25) is 0 Å². The molecule has 196 valence electrons. The first kappa shape index (κ1) is 26.0. The van der Waals surface area contributed by atoms with Crippen LogP contribution in [0.25, 0.3) is 0 Å². The fourth-order valence-corrected chi connectivity index (χ4v) is 8.31. The van der Waals surface area contributed by atoms with Crippen LogP contribution in [0.4, 0.5) is 5.69 Å². The molecule has 0 N–H and O–H groups in total. The zero-order chi connectivity index (χ0) is 26.5. The summed E-state index contributed by atoms with van der Waals surface area (Å²) < 4.78 is 6.15. The molecule has 0 aromatic heterocycles. The minimum Gasteiger partial charge on any atom is -0.451 e. The summed E-state index contributed by atoms with van der Waals surface area (Å²) in [5.74, 6) is 0.730. The van der Waals surface area contributed by atoms with Crippen LogP contribution in [-0.2, 0) is 19.1 Å². The van der Waals surface area contributed by atoms with Crippen LogP contribution in [0.15, 0.2) is 47.1 Å². The number of nitrogens with zero attached hydrogens (tertiary/aromatic N) is 1. The van der Waals surface area contributed by atoms with Gasteiger partial charge < -0.3 is 9.64 Å². The van der Waals surface area contributed by atoms with Crippen LogP contribution in [0.2, 0.25) is 13.1 Å². The Balaban J connectivity index is 1.68. The van der Waals surface area contributed by atoms with Crippen molar-refractivity contribution in [2.24, 2.45) is 17.3 Å². The minimum absolute atomic E-state index is 0.0904. The molecule has 0 spiro atoms. The molecule has 5 rings (SSSR count). The number of esters is 1. The number of benzene rings is 1. The first-order valence-electron chi connectivity index (χ1n) is 14.1. The lowest BCUT2D eigenvalue weighted by Gasteiger charge is -2.55. The SMILES string of the molecule is CBCC(=O)[C@@]1(OC(C)=O)CCC2C3CCC4=CC(=O)CCC4=C3C(c3ccc(N(C)C)cc3)C[C@@]21C. The minimum atomic E-state index is -1.06. The maximum atomic E-state index is 13.8. The number of Topliss-reactive ketones (excluding diaryl/α,β-unsaturated/α-hetero) is 1. The van der Waals surface area contributed by atoms with Crippen molar-refractivity contribution < 1.29 is 19.1 Å². The number of hydrogen-bond donors (Lipinski definition) is 0. The van der Waals surface area contributed by atoms with Crippen molar-refractivity contribution >= 4 is 30.5 Å². The highest BCUT2D eigenvalue weighted by Crippen LogP contribution is 2.68. The van der Waals surface area contributed by atoms with Crippen LogP contribution in [0.3, 0.4) is 0 Å². The Labute approximate surface area is 221 Å². The Morgan fingerprint density at radius 2 is 1.84 bits per heavy atom. The van der Waals surface area contributed by atoms with E-state index in [1.807, 2.05) is 27.0 Å². The first-order chi connectivity index (χ1) is 17.6. The fourth-order valence-electron chi connectivity index (χ4n) is 8.31. The molecule has 0 bridgehead atoms. The van der Waals surface area contributed by atoms with Gasteiger partial charge in [0, 0.05) is 44.5 Å². The summed E-state index contributed by atoms with van der Waals surface area (Å²) in [5, 5.41) is 0. The predicted molar refractivity (Wildman–Crippen MR) is 148 cm³/mol. The van der Waals surface area contributed by atoms with E-state index >= 15 is 0 Å². The normalized spacial score (nSPS) is 32.6. The number of carbonyl (C=O) groups is 3. The summed E-state index contributed by atoms with van der Waals surface area (Å²) in [5.41, 5.74) is 5.02. The molecule has 0 aliphatic heterocycles. The van der Waals surface area contributed by atoms with Gasteiger partial charge in [-0.2, -0.15) is 0 Å². The molecule has 37 heavy (non-hydrogen) atoms. The molecule has 2 saturated carbocycles. The zero-order valence-corrected chi connectivity index (χ0v) is 23.1. The molecule has 0 saturated heterocycles. The molecule has 4 aliphatic carbocycles. The molecular weight excluding hydrogens is 461 g/mol. The van der Waals surface area contributed by atoms with Crippen LogP contribution in [0.5, 0.6) is 0 Å². The lowest BCUT2D eigenvalue weighted by molar-refractivity contribution is -0.182. The highest BCUT2D eigenvalue weighted by atomic mass is 16.6. The van der Waals surface area contributed by atoms with Gasteiger partial charge >= 0.3 is 5.97 Å². The van der Waals surface area contributed by atoms with Gasteiger partial charge in [0.15, 0.2) is 17.2 Å². The van der Waals surface area contributed by atoms with E-state index in [4.69, 9.17) is 4.74 Å². The van der Waals surface area contributed by atoms with Crippen molar-refractivity contribution in [3.8, 4) is 0 Å². The average molecular weight is 501 g/mol. The number of hydrogen-bond acceptors (Lipinski definition) is 5. The molecule has 5 nitrogen and oxygen atoms in total. The van der Waals surface area contributed by atoms with Gasteiger partial charge in [-0.3, -0.25) is 14.4 Å². The predicted octanol–water partition coefficient (Wildman–Crippen LogP) is 5.43. The summed E-state index contributed by atoms with van der Waals surface area (Å²) in [6.07, 6.45) is 7.91. The third-order valence-electron chi connectivity index (χ3n) is 9.91. The molecular formula is C31H40BNO4. The van der Waals surface area contributed by atoms with Crippen LogP contribution in [-0.4, -0.2) is 44.5 Å². The molecule has 1 aromatic rings. The molecule has 0 amide bonds. The topological polar surface area (TPSA) is 63.7 Å². The van der Waals surface area contributed by atoms with Gasteiger partial charge in [0.1, 0.15) is 7.28 Å². The van der Waals surface area contributed by atoms with Gasteiger partial charge in [-0.05, 0) is 91.6 Å². The summed E-state index contributed by atoms with van der Waals surface area (Å²) in [6.45, 7) is 5.70. The number of ether oxygens (including phenoxy) is 1. The highest BCUT2D eigenvalue weighted by molar-refractivity contribution is 6.40. The third kappa shape index (κ3) is 4.11. The van der Waals surface area contributed by atoms with Gasteiger partial charge in [-0.25, -0.2) is 0 Å². The van der Waals surface area contributed by atoms with E-state index in [1.54, 1.807) is 0 Å². The molecule has 0 radical (unpaired) electrons. The summed E-state index contributed by atoms with van der Waals surface area (Å²) in [6, 6.07) is 8.81. The molecule has 2 fully saturated rings. The van der Waals surface area contributed by atoms with Crippen LogP contribution >= 0.6 is 0 Å². The Morgan fingerprint density at radius 1 is 1.11 bits per heavy atom. The molecule has 5 atom stereocenters. The van der Waals surface area contributed by atoms with Crippen molar-refractivity contribution in [1.82, 2.24) is 0 Å². The smallest absolute Gasteiger partial charge is 0.303 e. The van der Waals surface area contributed by atoms with E-state index in [2.05, 4.69) is 36.1 Å². The monoisotopic (exact) mass is 501 g/mol. The third-order valence-corrected chi connectivity index (χ3v) is 9.91. The molecule has 4 aliphatic rings. The maximum absolute atomic E-state index is 13.8. The second-order valence-corrected chi connectivity index (χ2v) is 12.1. The van der Waals surface area contributed by atoms with Gasteiger partial charge in [0.25, 0.3) is 0 Å². The largest absolute Gasteiger partial charge is 0.451 e. The molecule has 6 heteroatoms. The summed E-state index contributed by atoms with van der Waals surface area (Å²) in [4.78, 5) is 40.7. The summed E-state index contributed by atoms with van der Waals surface area (Å²) in [7, 11) is 4.84. The Hall–Kier alpha value is -2.63. The van der Waals surface area contributed by atoms with E-state index < -0.39 is 11.0 Å². The summed E-state index contributed by atoms with van der Waals surface area (Å²) >= 11 is 0. The maximum Gasteiger partial charge on any atom is 0.303 e. The number of ketones is 2. The van der Waals surface area contributed by atoms with Crippen LogP contribution in [0.1, 0.15) is 70.3 Å². The number of rotatable bonds is 6. The number of allylic oxidation sites excluding steroid dienone is 4. The van der Waals surface area contributed by atoms with Crippen molar-refractivity contribution in [1.29, 1.82) is 0 Å². The number of fused-ring (bicyclic) bond motifs is 4. The first-order valence-corrected chi connectivity index (χ1v) is 14.1. The quantitative estimate of drug-likeness (QED) is 0.385. The van der Waals surface area contributed by atoms with Crippen molar-refractivity contribution in [3.05, 3.63) is 52.6 Å². The Bertz CT molecular complexity index is 1180. The van der Waals surface area contributed by atoms with Crippen molar-refractivity contribution in [2.75, 3.05) is 19.0 Å². The highest BCUT2D eigenvalue weighted by Gasteiger charge is 2.67. The Morgan fingerprint density at radius 3 is 2.49 bits per heavy atom. The van der Waals surface area contributed by atoms with Crippen LogP contribution < -0.4 is 4.90 Å². The van der Waals surface area contributed by atoms with E-state index in [0.29, 0.717) is 25.1 Å². The fraction of sp³-hybridized carbons (Fsp3) is 0.581. The van der Waals surface area contributed by atoms with E-state index in [9.17, 15) is 14.4 Å². The lowest BCUT2D eigenvalue weighted by atomic mass is 9.50. The average Bonchev–Trinajstić information content (AvgIpc) is 3.15. The standard InChI is InChI=1S/C31H40BNO4/c1-19(34)37-31(28(36)18-32-3)15-14-27-25-12-8-21-16-23(35)11-13-24(21)29(25)26(17-30(27,31)2)20-6-9-22(10-7-20)33(4)5/h6-7,9-10,16,25-27,32H,8,11-15,17-18H2,1-5H3/t25?,26?,27?,30-,31-/m0/s1. The molecule has 1 aromatic carbocycles. The van der Waals surface area contributed by atoms with E-state index in [1.165, 1.54) is 29.2 Å². The lowest BCUT2D eigenvalue weighted by Crippen LogP contribution is -2.57. The van der Waals surface area contributed by atoms with E-state index in [0.717, 1.165) is 45.1 Å². The van der Waals surface area contributed by atoms with E-state index in [-0.39, 0.29) is 29.4 Å². The zero-order valence-electron chi connectivity index (χ0n) is 23.1. The second kappa shape index (κ2) is 9.60. The number of carbonyl (C=O) groups excluding carboxylic acids is 3.